The molecule has 0 N–H and O–H groups in total. The second-order valence-corrected chi connectivity index (χ2v) is 7.14. The molecule has 0 bridgehead atoms. The van der Waals surface area contributed by atoms with Crippen molar-refractivity contribution >= 4 is 24.3 Å². The quantitative estimate of drug-likeness (QED) is 0.232. The van der Waals surface area contributed by atoms with E-state index in [0.29, 0.717) is 11.1 Å². The third kappa shape index (κ3) is 8.47. The van der Waals surface area contributed by atoms with Crippen LogP contribution in [-0.2, 0) is 6.54 Å². The van der Waals surface area contributed by atoms with E-state index in [9.17, 15) is 30.7 Å². The van der Waals surface area contributed by atoms with Crippen LogP contribution in [0.5, 0.6) is 11.5 Å². The van der Waals surface area contributed by atoms with Crippen LogP contribution in [0.1, 0.15) is 22.5 Å². The summed E-state index contributed by atoms with van der Waals surface area (Å²) in [6.45, 7) is -7.18. The predicted octanol–water partition coefficient (Wildman–Crippen LogP) is 7.08. The molecule has 10 heteroatoms. The van der Waals surface area contributed by atoms with Gasteiger partial charge in [0.25, 0.3) is 0 Å². The van der Waals surface area contributed by atoms with Gasteiger partial charge in [0.1, 0.15) is 11.5 Å². The number of halogens is 7. The number of hydrogen-bond acceptors (Lipinski definition) is 2. The zero-order chi connectivity index (χ0) is 25.4. The lowest BCUT2D eigenvalue weighted by molar-refractivity contribution is -0.722. The fourth-order valence-electron chi connectivity index (χ4n) is 3.11. The SMILES string of the molecule is FC(F)Oc1ccc(/C=C/c2cccc(/C=C/c3ccc(OC(F)F)cc3)[n+]2CC(F)(F)F)cc1. The third-order valence-corrected chi connectivity index (χ3v) is 4.60. The molecule has 0 unspecified atom stereocenters. The molecule has 0 radical (unpaired) electrons. The smallest absolute Gasteiger partial charge is 0.435 e. The summed E-state index contributed by atoms with van der Waals surface area (Å²) in [7, 11) is 0. The summed E-state index contributed by atoms with van der Waals surface area (Å²) >= 11 is 0. The molecule has 0 spiro atoms. The lowest BCUT2D eigenvalue weighted by Gasteiger charge is -2.08. The van der Waals surface area contributed by atoms with Crippen LogP contribution in [0, 0.1) is 0 Å². The van der Waals surface area contributed by atoms with Gasteiger partial charge in [0.15, 0.2) is 0 Å². The first-order chi connectivity index (χ1) is 16.6. The van der Waals surface area contributed by atoms with Crippen LogP contribution in [-0.4, -0.2) is 19.4 Å². The van der Waals surface area contributed by atoms with Crippen molar-refractivity contribution in [1.82, 2.24) is 0 Å². The van der Waals surface area contributed by atoms with E-state index < -0.39 is 25.9 Å². The molecular weight excluding hydrogens is 479 g/mol. The highest BCUT2D eigenvalue weighted by atomic mass is 19.4. The van der Waals surface area contributed by atoms with Crippen LogP contribution in [0.25, 0.3) is 24.3 Å². The molecule has 0 aliphatic carbocycles. The average Bonchev–Trinajstić information content (AvgIpc) is 2.77. The number of hydrogen-bond donors (Lipinski definition) is 0. The van der Waals surface area contributed by atoms with E-state index >= 15 is 0 Å². The number of benzene rings is 2. The van der Waals surface area contributed by atoms with Crippen LogP contribution < -0.4 is 14.0 Å². The van der Waals surface area contributed by atoms with Crippen molar-refractivity contribution in [2.45, 2.75) is 25.9 Å². The Bertz CT molecular complexity index is 1070. The van der Waals surface area contributed by atoms with Gasteiger partial charge in [-0.1, -0.05) is 24.3 Å². The molecule has 35 heavy (non-hydrogen) atoms. The van der Waals surface area contributed by atoms with Crippen molar-refractivity contribution in [3.63, 3.8) is 0 Å². The van der Waals surface area contributed by atoms with Crippen molar-refractivity contribution in [2.75, 3.05) is 0 Å². The van der Waals surface area contributed by atoms with E-state index in [1.165, 1.54) is 72.8 Å². The summed E-state index contributed by atoms with van der Waals surface area (Å²) in [6, 6.07) is 15.9. The maximum absolute atomic E-state index is 13.3. The van der Waals surface area contributed by atoms with Gasteiger partial charge < -0.3 is 9.47 Å². The van der Waals surface area contributed by atoms with Gasteiger partial charge in [-0.15, -0.1) is 0 Å². The molecule has 184 valence electrons. The van der Waals surface area contributed by atoms with Gasteiger partial charge in [0.2, 0.25) is 17.9 Å². The largest absolute Gasteiger partial charge is 0.448 e. The molecule has 1 heterocycles. The van der Waals surface area contributed by atoms with E-state index in [-0.39, 0.29) is 22.9 Å². The maximum atomic E-state index is 13.3. The fourth-order valence-corrected chi connectivity index (χ4v) is 3.11. The summed E-state index contributed by atoms with van der Waals surface area (Å²) < 4.78 is 98.6. The molecule has 3 nitrogen and oxygen atoms in total. The maximum Gasteiger partial charge on any atom is 0.448 e. The molecule has 0 aliphatic rings. The van der Waals surface area contributed by atoms with E-state index in [2.05, 4.69) is 9.47 Å². The fraction of sp³-hybridized carbons (Fsp3) is 0.160. The molecule has 0 saturated carbocycles. The molecule has 3 aromatic rings. The molecule has 0 amide bonds. The van der Waals surface area contributed by atoms with Gasteiger partial charge in [-0.2, -0.15) is 35.3 Å². The van der Waals surface area contributed by atoms with E-state index in [1.807, 2.05) is 0 Å². The first-order valence-electron chi connectivity index (χ1n) is 10.1. The van der Waals surface area contributed by atoms with Crippen LogP contribution in [0.15, 0.2) is 66.7 Å². The molecule has 0 saturated heterocycles. The van der Waals surface area contributed by atoms with Crippen molar-refractivity contribution in [2.24, 2.45) is 0 Å². The number of ether oxygens (including phenoxy) is 2. The van der Waals surface area contributed by atoms with Gasteiger partial charge in [-0.05, 0) is 53.6 Å². The van der Waals surface area contributed by atoms with E-state index in [4.69, 9.17) is 0 Å². The first kappa shape index (κ1) is 25.8. The zero-order valence-electron chi connectivity index (χ0n) is 17.9. The molecule has 0 atom stereocenters. The molecule has 2 aromatic carbocycles. The molecule has 0 aliphatic heterocycles. The Morgan fingerprint density at radius 2 is 1.03 bits per heavy atom. The number of alkyl halides is 7. The third-order valence-electron chi connectivity index (χ3n) is 4.60. The second kappa shape index (κ2) is 11.5. The van der Waals surface area contributed by atoms with Gasteiger partial charge >= 0.3 is 19.4 Å². The van der Waals surface area contributed by atoms with E-state index in [1.54, 1.807) is 18.2 Å². The number of rotatable bonds is 9. The molecular formula is C25H19F7NO2+. The molecule has 0 fully saturated rings. The van der Waals surface area contributed by atoms with Crippen LogP contribution >= 0.6 is 0 Å². The van der Waals surface area contributed by atoms with Crippen LogP contribution in [0.4, 0.5) is 30.7 Å². The minimum absolute atomic E-state index is 0.0368. The summed E-state index contributed by atoms with van der Waals surface area (Å²) in [5, 5.41) is 0. The highest BCUT2D eigenvalue weighted by molar-refractivity contribution is 5.69. The summed E-state index contributed by atoms with van der Waals surface area (Å²) in [5.74, 6) is -0.0737. The molecule has 3 rings (SSSR count). The summed E-state index contributed by atoms with van der Waals surface area (Å²) in [5.41, 5.74) is 1.63. The molecule has 1 aromatic heterocycles. The minimum Gasteiger partial charge on any atom is -0.435 e. The Labute approximate surface area is 196 Å². The van der Waals surface area contributed by atoms with Crippen LogP contribution in [0.3, 0.4) is 0 Å². The number of aromatic nitrogens is 1. The first-order valence-corrected chi connectivity index (χ1v) is 10.1. The van der Waals surface area contributed by atoms with Crippen LogP contribution in [0.2, 0.25) is 0 Å². The summed E-state index contributed by atoms with van der Waals surface area (Å²) in [6.07, 6.45) is 1.54. The van der Waals surface area contributed by atoms with Gasteiger partial charge in [0.05, 0.1) is 0 Å². The van der Waals surface area contributed by atoms with Crippen molar-refractivity contribution in [1.29, 1.82) is 0 Å². The normalized spacial score (nSPS) is 12.3. The van der Waals surface area contributed by atoms with Crippen molar-refractivity contribution < 1.29 is 44.8 Å². The number of nitrogens with zero attached hydrogens (tertiary/aromatic N) is 1. The second-order valence-electron chi connectivity index (χ2n) is 7.14. The average molecular weight is 498 g/mol. The number of pyridine rings is 1. The lowest BCUT2D eigenvalue weighted by Crippen LogP contribution is -2.46. The van der Waals surface area contributed by atoms with Gasteiger partial charge in [0, 0.05) is 24.3 Å². The standard InChI is InChI=1S/C25H19F7NO2/c26-23(27)34-21-12-6-17(7-13-21)4-10-19-2-1-3-20(33(19)16-25(30,31)32)11-5-18-8-14-22(15-9-18)35-24(28)29/h1-15,23-24H,16H2/q+1/b10-4+,11-5+. The van der Waals surface area contributed by atoms with Gasteiger partial charge in [-0.25, -0.2) is 0 Å². The van der Waals surface area contributed by atoms with E-state index in [0.717, 1.165) is 4.57 Å². The predicted molar refractivity (Wildman–Crippen MR) is 117 cm³/mol. The Kier molecular flexibility index (Phi) is 8.51. The highest BCUT2D eigenvalue weighted by Crippen LogP contribution is 2.20. The van der Waals surface area contributed by atoms with Gasteiger partial charge in [-0.3, -0.25) is 0 Å². The monoisotopic (exact) mass is 498 g/mol. The Morgan fingerprint density at radius 3 is 1.37 bits per heavy atom. The lowest BCUT2D eigenvalue weighted by atomic mass is 10.1. The zero-order valence-corrected chi connectivity index (χ0v) is 17.9. The van der Waals surface area contributed by atoms with Crippen molar-refractivity contribution in [3.05, 3.63) is 89.2 Å². The Morgan fingerprint density at radius 1 is 0.629 bits per heavy atom. The Balaban J connectivity index is 1.86. The highest BCUT2D eigenvalue weighted by Gasteiger charge is 2.35. The Hall–Kier alpha value is -3.82. The van der Waals surface area contributed by atoms with Crippen molar-refractivity contribution in [3.8, 4) is 11.5 Å². The topological polar surface area (TPSA) is 22.3 Å². The minimum atomic E-state index is -4.50. The summed E-state index contributed by atoms with van der Waals surface area (Å²) in [4.78, 5) is 0.